The molecule has 1 atom stereocenters. The van der Waals surface area contributed by atoms with Crippen LogP contribution in [0.1, 0.15) is 28.4 Å². The van der Waals surface area contributed by atoms with Crippen molar-refractivity contribution in [3.05, 3.63) is 69.3 Å². The van der Waals surface area contributed by atoms with Crippen molar-refractivity contribution in [1.82, 2.24) is 0 Å². The Kier molecular flexibility index (Phi) is 5.49. The third kappa shape index (κ3) is 4.63. The lowest BCUT2D eigenvalue weighted by Gasteiger charge is -2.14. The van der Waals surface area contributed by atoms with E-state index in [-0.39, 0.29) is 11.3 Å². The summed E-state index contributed by atoms with van der Waals surface area (Å²) in [5.74, 6) is -1.28. The van der Waals surface area contributed by atoms with Gasteiger partial charge in [0.15, 0.2) is 6.10 Å². The van der Waals surface area contributed by atoms with Crippen molar-refractivity contribution in [1.29, 1.82) is 0 Å². The number of hydrogen-bond acceptors (Lipinski definition) is 5. The van der Waals surface area contributed by atoms with E-state index in [1.54, 1.807) is 25.1 Å². The number of carbonyl (C=O) groups excluding carboxylic acids is 2. The molecule has 25 heavy (non-hydrogen) atoms. The fraction of sp³-hybridized carbons (Fsp3) is 0.222. The summed E-state index contributed by atoms with van der Waals surface area (Å²) >= 11 is 0. The number of anilines is 1. The molecule has 0 spiro atoms. The lowest BCUT2D eigenvalue weighted by atomic mass is 10.1. The number of nitro groups is 1. The summed E-state index contributed by atoms with van der Waals surface area (Å²) < 4.78 is 5.10. The van der Waals surface area contributed by atoms with E-state index in [1.807, 2.05) is 13.0 Å². The molecule has 0 radical (unpaired) electrons. The van der Waals surface area contributed by atoms with E-state index >= 15 is 0 Å². The van der Waals surface area contributed by atoms with Crippen LogP contribution >= 0.6 is 0 Å². The van der Waals surface area contributed by atoms with Gasteiger partial charge >= 0.3 is 5.97 Å². The summed E-state index contributed by atoms with van der Waals surface area (Å²) in [5, 5.41) is 13.6. The van der Waals surface area contributed by atoms with Gasteiger partial charge in [0.1, 0.15) is 0 Å². The summed E-state index contributed by atoms with van der Waals surface area (Å²) in [5.41, 5.74) is 1.86. The zero-order valence-corrected chi connectivity index (χ0v) is 14.1. The Hall–Kier alpha value is -3.22. The van der Waals surface area contributed by atoms with E-state index in [9.17, 15) is 19.7 Å². The third-order valence-electron chi connectivity index (χ3n) is 3.58. The smallest absolute Gasteiger partial charge is 0.339 e. The van der Waals surface area contributed by atoms with Crippen LogP contribution in [0.5, 0.6) is 0 Å². The molecule has 0 aromatic heterocycles. The van der Waals surface area contributed by atoms with Crippen molar-refractivity contribution in [3.8, 4) is 0 Å². The number of aryl methyl sites for hydroxylation is 2. The SMILES string of the molecule is Cc1cccc(NC(=O)[C@H](C)OC(=O)c2ccc(C)c([N+](=O)[O-])c2)c1. The Bertz CT molecular complexity index is 832. The fourth-order valence-electron chi connectivity index (χ4n) is 2.18. The van der Waals surface area contributed by atoms with Gasteiger partial charge in [-0.05, 0) is 44.5 Å². The second kappa shape index (κ2) is 7.57. The zero-order chi connectivity index (χ0) is 18.6. The van der Waals surface area contributed by atoms with E-state index in [0.717, 1.165) is 11.6 Å². The van der Waals surface area contributed by atoms with Crippen LogP contribution < -0.4 is 5.32 Å². The third-order valence-corrected chi connectivity index (χ3v) is 3.58. The Labute approximate surface area is 144 Å². The van der Waals surface area contributed by atoms with Crippen molar-refractivity contribution in [2.75, 3.05) is 5.32 Å². The van der Waals surface area contributed by atoms with Gasteiger partial charge in [0.05, 0.1) is 10.5 Å². The monoisotopic (exact) mass is 342 g/mol. The zero-order valence-electron chi connectivity index (χ0n) is 14.1. The first-order chi connectivity index (χ1) is 11.8. The van der Waals surface area contributed by atoms with Gasteiger partial charge in [0, 0.05) is 17.3 Å². The molecule has 2 rings (SSSR count). The van der Waals surface area contributed by atoms with Crippen LogP contribution in [0.4, 0.5) is 11.4 Å². The van der Waals surface area contributed by atoms with Crippen molar-refractivity contribution < 1.29 is 19.2 Å². The molecule has 7 heteroatoms. The average Bonchev–Trinajstić information content (AvgIpc) is 2.54. The maximum Gasteiger partial charge on any atom is 0.339 e. The van der Waals surface area contributed by atoms with Crippen molar-refractivity contribution in [2.24, 2.45) is 0 Å². The summed E-state index contributed by atoms with van der Waals surface area (Å²) in [7, 11) is 0. The highest BCUT2D eigenvalue weighted by Gasteiger charge is 2.21. The summed E-state index contributed by atoms with van der Waals surface area (Å²) in [6.07, 6.45) is -1.05. The molecule has 0 aliphatic carbocycles. The van der Waals surface area contributed by atoms with Crippen LogP contribution in [0.25, 0.3) is 0 Å². The maximum atomic E-state index is 12.1. The molecule has 2 aromatic rings. The van der Waals surface area contributed by atoms with E-state index in [4.69, 9.17) is 4.74 Å². The number of hydrogen-bond donors (Lipinski definition) is 1. The molecule has 7 nitrogen and oxygen atoms in total. The van der Waals surface area contributed by atoms with Gasteiger partial charge in [-0.2, -0.15) is 0 Å². The quantitative estimate of drug-likeness (QED) is 0.510. The van der Waals surface area contributed by atoms with Gasteiger partial charge in [-0.3, -0.25) is 14.9 Å². The van der Waals surface area contributed by atoms with E-state index < -0.39 is 22.9 Å². The number of nitrogens with one attached hydrogen (secondary N) is 1. The summed E-state index contributed by atoms with van der Waals surface area (Å²) in [6.45, 7) is 4.90. The highest BCUT2D eigenvalue weighted by Crippen LogP contribution is 2.20. The van der Waals surface area contributed by atoms with Crippen molar-refractivity contribution >= 4 is 23.3 Å². The molecule has 0 bridgehead atoms. The number of ether oxygens (including phenoxy) is 1. The largest absolute Gasteiger partial charge is 0.449 e. The highest BCUT2D eigenvalue weighted by molar-refractivity contribution is 5.97. The Morgan fingerprint density at radius 2 is 1.88 bits per heavy atom. The number of amides is 1. The van der Waals surface area contributed by atoms with Gasteiger partial charge in [-0.15, -0.1) is 0 Å². The highest BCUT2D eigenvalue weighted by atomic mass is 16.6. The van der Waals surface area contributed by atoms with Crippen LogP contribution in [0.3, 0.4) is 0 Å². The predicted molar refractivity (Wildman–Crippen MR) is 92.5 cm³/mol. The summed E-state index contributed by atoms with van der Waals surface area (Å²) in [6, 6.07) is 11.2. The molecule has 2 aromatic carbocycles. The molecule has 0 unspecified atom stereocenters. The number of nitro benzene ring substituents is 1. The topological polar surface area (TPSA) is 98.5 Å². The number of esters is 1. The first-order valence-electron chi connectivity index (χ1n) is 7.61. The van der Waals surface area contributed by atoms with Gasteiger partial charge in [0.25, 0.3) is 11.6 Å². The van der Waals surface area contributed by atoms with Crippen LogP contribution in [-0.2, 0) is 9.53 Å². The van der Waals surface area contributed by atoms with Gasteiger partial charge < -0.3 is 10.1 Å². The second-order valence-corrected chi connectivity index (χ2v) is 5.66. The van der Waals surface area contributed by atoms with Crippen LogP contribution in [-0.4, -0.2) is 22.9 Å². The van der Waals surface area contributed by atoms with E-state index in [2.05, 4.69) is 5.32 Å². The molecule has 0 aliphatic rings. The number of carbonyl (C=O) groups is 2. The van der Waals surface area contributed by atoms with Crippen LogP contribution in [0, 0.1) is 24.0 Å². The van der Waals surface area contributed by atoms with E-state index in [0.29, 0.717) is 11.3 Å². The number of nitrogens with zero attached hydrogens (tertiary/aromatic N) is 1. The average molecular weight is 342 g/mol. The lowest BCUT2D eigenvalue weighted by molar-refractivity contribution is -0.385. The van der Waals surface area contributed by atoms with E-state index in [1.165, 1.54) is 19.1 Å². The lowest BCUT2D eigenvalue weighted by Crippen LogP contribution is -2.30. The second-order valence-electron chi connectivity index (χ2n) is 5.66. The molecule has 1 N–H and O–H groups in total. The molecule has 0 aliphatic heterocycles. The van der Waals surface area contributed by atoms with Crippen LogP contribution in [0.15, 0.2) is 42.5 Å². The fourth-order valence-corrected chi connectivity index (χ4v) is 2.18. The first kappa shape index (κ1) is 18.1. The standard InChI is InChI=1S/C18H18N2O5/c1-11-5-4-6-15(9-11)19-17(21)13(3)25-18(22)14-8-7-12(2)16(10-14)20(23)24/h4-10,13H,1-3H3,(H,19,21)/t13-/m0/s1. The first-order valence-corrected chi connectivity index (χ1v) is 7.61. The molecule has 130 valence electrons. The molecular formula is C18H18N2O5. The minimum atomic E-state index is -1.05. The molecule has 0 fully saturated rings. The molecule has 0 saturated carbocycles. The van der Waals surface area contributed by atoms with Gasteiger partial charge in [-0.1, -0.05) is 18.2 Å². The van der Waals surface area contributed by atoms with Gasteiger partial charge in [0.2, 0.25) is 0 Å². The summed E-state index contributed by atoms with van der Waals surface area (Å²) in [4.78, 5) is 34.6. The minimum absolute atomic E-state index is 0.0208. The Balaban J connectivity index is 2.05. The molecule has 1 amide bonds. The Morgan fingerprint density at radius 3 is 2.52 bits per heavy atom. The van der Waals surface area contributed by atoms with Crippen molar-refractivity contribution in [3.63, 3.8) is 0 Å². The van der Waals surface area contributed by atoms with Gasteiger partial charge in [-0.25, -0.2) is 4.79 Å². The maximum absolute atomic E-state index is 12.1. The molecule has 0 saturated heterocycles. The van der Waals surface area contributed by atoms with Crippen molar-refractivity contribution in [2.45, 2.75) is 26.9 Å². The molecular weight excluding hydrogens is 324 g/mol. The van der Waals surface area contributed by atoms with Crippen LogP contribution in [0.2, 0.25) is 0 Å². The minimum Gasteiger partial charge on any atom is -0.449 e. The number of rotatable bonds is 5. The number of benzene rings is 2. The predicted octanol–water partition coefficient (Wildman–Crippen LogP) is 3.40. The normalized spacial score (nSPS) is 11.5. The molecule has 0 heterocycles. The Morgan fingerprint density at radius 1 is 1.16 bits per heavy atom.